The van der Waals surface area contributed by atoms with Gasteiger partial charge in [-0.25, -0.2) is 4.39 Å². The highest BCUT2D eigenvalue weighted by Crippen LogP contribution is 2.36. The third-order valence-electron chi connectivity index (χ3n) is 5.54. The molecule has 1 aliphatic heterocycles. The number of ether oxygens (including phenoxy) is 2. The van der Waals surface area contributed by atoms with Crippen LogP contribution in [0.25, 0.3) is 0 Å². The van der Waals surface area contributed by atoms with Crippen molar-refractivity contribution in [1.82, 2.24) is 4.90 Å². The highest BCUT2D eigenvalue weighted by atomic mass is 19.1. The highest BCUT2D eigenvalue weighted by Gasteiger charge is 2.38. The van der Waals surface area contributed by atoms with Crippen molar-refractivity contribution >= 4 is 5.91 Å². The molecule has 0 saturated carbocycles. The van der Waals surface area contributed by atoms with E-state index in [1.54, 1.807) is 24.1 Å². The SMILES string of the molecule is C[C@@H]([C@@H](O)c1ccccc1)N(C)C(=O)CCCC1(c2ccc(F)cc2)OCCO1. The van der Waals surface area contributed by atoms with E-state index in [0.717, 1.165) is 11.1 Å². The number of nitrogens with zero attached hydrogens (tertiary/aromatic N) is 1. The molecule has 2 atom stereocenters. The third kappa shape index (κ3) is 5.01. The Hall–Kier alpha value is -2.28. The minimum Gasteiger partial charge on any atom is -0.386 e. The average Bonchev–Trinajstić information content (AvgIpc) is 3.23. The second kappa shape index (κ2) is 9.48. The van der Waals surface area contributed by atoms with E-state index in [0.29, 0.717) is 32.5 Å². The van der Waals surface area contributed by atoms with E-state index in [9.17, 15) is 14.3 Å². The zero-order valence-electron chi connectivity index (χ0n) is 16.9. The molecule has 1 N–H and O–H groups in total. The lowest BCUT2D eigenvalue weighted by Crippen LogP contribution is -2.39. The molecule has 0 unspecified atom stereocenters. The fourth-order valence-corrected chi connectivity index (χ4v) is 3.63. The molecule has 3 rings (SSSR count). The van der Waals surface area contributed by atoms with Gasteiger partial charge in [-0.2, -0.15) is 0 Å². The molecule has 0 bridgehead atoms. The molecule has 29 heavy (non-hydrogen) atoms. The first-order chi connectivity index (χ1) is 13.9. The molecule has 0 aliphatic carbocycles. The van der Waals surface area contributed by atoms with Crippen LogP contribution < -0.4 is 0 Å². The highest BCUT2D eigenvalue weighted by molar-refractivity contribution is 5.76. The van der Waals surface area contributed by atoms with Gasteiger partial charge in [-0.3, -0.25) is 4.79 Å². The van der Waals surface area contributed by atoms with Gasteiger partial charge < -0.3 is 19.5 Å². The van der Waals surface area contributed by atoms with Gasteiger partial charge in [0.05, 0.1) is 25.4 Å². The summed E-state index contributed by atoms with van der Waals surface area (Å²) in [5.41, 5.74) is 1.53. The van der Waals surface area contributed by atoms with Gasteiger partial charge in [0.15, 0.2) is 5.79 Å². The van der Waals surface area contributed by atoms with Gasteiger partial charge in [-0.05, 0) is 31.0 Å². The minimum absolute atomic E-state index is 0.0558. The number of hydrogen-bond acceptors (Lipinski definition) is 4. The first-order valence-corrected chi connectivity index (χ1v) is 9.95. The Balaban J connectivity index is 1.57. The molecule has 6 heteroatoms. The van der Waals surface area contributed by atoms with E-state index in [1.165, 1.54) is 12.1 Å². The summed E-state index contributed by atoms with van der Waals surface area (Å²) in [5, 5.41) is 10.6. The van der Waals surface area contributed by atoms with E-state index in [1.807, 2.05) is 37.3 Å². The minimum atomic E-state index is -0.929. The normalized spacial score (nSPS) is 17.7. The van der Waals surface area contributed by atoms with Crippen molar-refractivity contribution in [1.29, 1.82) is 0 Å². The van der Waals surface area contributed by atoms with Crippen LogP contribution >= 0.6 is 0 Å². The predicted octanol–water partition coefficient (Wildman–Crippen LogP) is 3.78. The molecule has 2 aromatic rings. The summed E-state index contributed by atoms with van der Waals surface area (Å²) in [7, 11) is 1.71. The van der Waals surface area contributed by atoms with Crippen molar-refractivity contribution in [3.63, 3.8) is 0 Å². The summed E-state index contributed by atoms with van der Waals surface area (Å²) in [4.78, 5) is 14.2. The van der Waals surface area contributed by atoms with Crippen LogP contribution in [-0.4, -0.2) is 42.2 Å². The predicted molar refractivity (Wildman–Crippen MR) is 107 cm³/mol. The van der Waals surface area contributed by atoms with E-state index in [-0.39, 0.29) is 17.8 Å². The molecule has 1 aliphatic rings. The second-order valence-corrected chi connectivity index (χ2v) is 7.41. The smallest absolute Gasteiger partial charge is 0.222 e. The maximum atomic E-state index is 13.3. The number of aliphatic hydroxyl groups excluding tert-OH is 1. The number of hydrogen-bond donors (Lipinski definition) is 1. The Morgan fingerprint density at radius 2 is 1.76 bits per heavy atom. The van der Waals surface area contributed by atoms with Crippen LogP contribution in [0.4, 0.5) is 4.39 Å². The van der Waals surface area contributed by atoms with E-state index >= 15 is 0 Å². The number of carbonyl (C=O) groups excluding carboxylic acids is 1. The molecule has 1 amide bonds. The maximum absolute atomic E-state index is 13.3. The van der Waals surface area contributed by atoms with Gasteiger partial charge in [0, 0.05) is 25.5 Å². The van der Waals surface area contributed by atoms with Crippen LogP contribution in [0.15, 0.2) is 54.6 Å². The zero-order valence-corrected chi connectivity index (χ0v) is 16.9. The van der Waals surface area contributed by atoms with E-state index < -0.39 is 11.9 Å². The summed E-state index contributed by atoms with van der Waals surface area (Å²) < 4.78 is 24.9. The largest absolute Gasteiger partial charge is 0.386 e. The van der Waals surface area contributed by atoms with E-state index in [4.69, 9.17) is 9.47 Å². The standard InChI is InChI=1S/C23H28FNO4/c1-17(22(27)18-7-4-3-5-8-18)25(2)21(26)9-6-14-23(28-15-16-29-23)19-10-12-20(24)13-11-19/h3-5,7-8,10-13,17,22,27H,6,9,14-16H2,1-2H3/t17-,22+/m0/s1. The quantitative estimate of drug-likeness (QED) is 0.731. The molecule has 5 nitrogen and oxygen atoms in total. The Kier molecular flexibility index (Phi) is 7.00. The van der Waals surface area contributed by atoms with Gasteiger partial charge in [-0.15, -0.1) is 0 Å². The second-order valence-electron chi connectivity index (χ2n) is 7.41. The lowest BCUT2D eigenvalue weighted by molar-refractivity contribution is -0.172. The molecular formula is C23H28FNO4. The first-order valence-electron chi connectivity index (χ1n) is 9.95. The third-order valence-corrected chi connectivity index (χ3v) is 5.54. The van der Waals surface area contributed by atoms with Crippen LogP contribution in [0.5, 0.6) is 0 Å². The molecule has 2 aromatic carbocycles. The van der Waals surface area contributed by atoms with Crippen molar-refractivity contribution in [3.8, 4) is 0 Å². The van der Waals surface area contributed by atoms with Crippen molar-refractivity contribution in [2.45, 2.75) is 44.1 Å². The Morgan fingerprint density at radius 1 is 1.14 bits per heavy atom. The molecule has 0 aromatic heterocycles. The number of likely N-dealkylation sites (N-methyl/N-ethyl adjacent to an activating group) is 1. The number of carbonyl (C=O) groups is 1. The first kappa shape index (κ1) is 21.4. The lowest BCUT2D eigenvalue weighted by Gasteiger charge is -2.30. The Bertz CT molecular complexity index is 790. The van der Waals surface area contributed by atoms with Gasteiger partial charge >= 0.3 is 0 Å². The fourth-order valence-electron chi connectivity index (χ4n) is 3.63. The average molecular weight is 401 g/mol. The Morgan fingerprint density at radius 3 is 2.38 bits per heavy atom. The van der Waals surface area contributed by atoms with Crippen LogP contribution in [-0.2, 0) is 20.1 Å². The summed E-state index contributed by atoms with van der Waals surface area (Å²) in [6.07, 6.45) is 0.595. The molecule has 1 fully saturated rings. The van der Waals surface area contributed by atoms with Crippen LogP contribution in [0, 0.1) is 5.82 Å². The number of rotatable bonds is 8. The van der Waals surface area contributed by atoms with Crippen LogP contribution in [0.3, 0.4) is 0 Å². The van der Waals surface area contributed by atoms with Gasteiger partial charge in [0.1, 0.15) is 5.82 Å². The molecule has 0 radical (unpaired) electrons. The van der Waals surface area contributed by atoms with Gasteiger partial charge in [0.25, 0.3) is 0 Å². The summed E-state index contributed by atoms with van der Waals surface area (Å²) in [6, 6.07) is 15.0. The topological polar surface area (TPSA) is 59.0 Å². The molecular weight excluding hydrogens is 373 g/mol. The monoisotopic (exact) mass is 401 g/mol. The number of benzene rings is 2. The van der Waals surface area contributed by atoms with Gasteiger partial charge in [0.2, 0.25) is 5.91 Å². The summed E-state index contributed by atoms with van der Waals surface area (Å²) >= 11 is 0. The number of halogens is 1. The van der Waals surface area contributed by atoms with Crippen molar-refractivity contribution in [2.24, 2.45) is 0 Å². The number of aliphatic hydroxyl groups is 1. The summed E-state index contributed by atoms with van der Waals surface area (Å²) in [6.45, 7) is 2.76. The summed E-state index contributed by atoms with van der Waals surface area (Å²) in [5.74, 6) is -1.30. The zero-order chi connectivity index (χ0) is 20.9. The molecule has 1 heterocycles. The van der Waals surface area contributed by atoms with Crippen molar-refractivity contribution in [3.05, 3.63) is 71.5 Å². The van der Waals surface area contributed by atoms with Crippen LogP contribution in [0.2, 0.25) is 0 Å². The molecule has 1 saturated heterocycles. The lowest BCUT2D eigenvalue weighted by atomic mass is 9.98. The molecule has 0 spiro atoms. The van der Waals surface area contributed by atoms with Gasteiger partial charge in [-0.1, -0.05) is 42.5 Å². The van der Waals surface area contributed by atoms with Crippen molar-refractivity contribution in [2.75, 3.05) is 20.3 Å². The number of amides is 1. The van der Waals surface area contributed by atoms with E-state index in [2.05, 4.69) is 0 Å². The molecule has 156 valence electrons. The Labute approximate surface area is 171 Å². The van der Waals surface area contributed by atoms with Crippen molar-refractivity contribution < 1.29 is 23.8 Å². The fraction of sp³-hybridized carbons (Fsp3) is 0.435. The van der Waals surface area contributed by atoms with Crippen LogP contribution in [0.1, 0.15) is 43.4 Å². The maximum Gasteiger partial charge on any atom is 0.222 e.